The smallest absolute Gasteiger partial charge is 0.142 e. The van der Waals surface area contributed by atoms with E-state index in [9.17, 15) is 4.79 Å². The van der Waals surface area contributed by atoms with Crippen molar-refractivity contribution in [3.05, 3.63) is 35.4 Å². The van der Waals surface area contributed by atoms with E-state index >= 15 is 0 Å². The van der Waals surface area contributed by atoms with E-state index in [4.69, 9.17) is 4.74 Å². The number of hydrogen-bond donors (Lipinski definition) is 0. The predicted octanol–water partition coefficient (Wildman–Crippen LogP) is 3.56. The molecule has 1 aromatic rings. The molecule has 0 saturated carbocycles. The Bertz CT molecular complexity index is 517. The minimum atomic E-state index is -0.338. The molecule has 0 radical (unpaired) electrons. The van der Waals surface area contributed by atoms with Crippen molar-refractivity contribution in [2.75, 3.05) is 0 Å². The highest BCUT2D eigenvalue weighted by Gasteiger charge is 2.50. The maximum absolute atomic E-state index is 12.9. The minimum absolute atomic E-state index is 0.0248. The van der Waals surface area contributed by atoms with Crippen LogP contribution in [0.5, 0.6) is 0 Å². The van der Waals surface area contributed by atoms with Crippen molar-refractivity contribution in [3.63, 3.8) is 0 Å². The van der Waals surface area contributed by atoms with Crippen LogP contribution in [0.15, 0.2) is 24.3 Å². The van der Waals surface area contributed by atoms with Crippen LogP contribution in [0.25, 0.3) is 0 Å². The topological polar surface area (TPSA) is 26.3 Å². The zero-order valence-corrected chi connectivity index (χ0v) is 12.9. The lowest BCUT2D eigenvalue weighted by molar-refractivity contribution is -0.133. The third-order valence-corrected chi connectivity index (χ3v) is 4.87. The fourth-order valence-electron chi connectivity index (χ4n) is 4.05. The van der Waals surface area contributed by atoms with Gasteiger partial charge in [0.05, 0.1) is 11.2 Å². The summed E-state index contributed by atoms with van der Waals surface area (Å²) in [4.78, 5) is 12.9. The third kappa shape index (κ3) is 2.31. The number of rotatable bonds is 2. The summed E-state index contributed by atoms with van der Waals surface area (Å²) in [6, 6.07) is 8.44. The Kier molecular flexibility index (Phi) is 3.06. The molecule has 3 rings (SSSR count). The molecule has 0 amide bonds. The van der Waals surface area contributed by atoms with Crippen molar-refractivity contribution in [2.24, 2.45) is 11.8 Å². The average molecular weight is 272 g/mol. The maximum atomic E-state index is 12.9. The van der Waals surface area contributed by atoms with Crippen molar-refractivity contribution in [1.82, 2.24) is 0 Å². The normalized spacial score (nSPS) is 27.5. The fraction of sp³-hybridized carbons (Fsp3) is 0.611. The molecule has 1 heterocycles. The van der Waals surface area contributed by atoms with Crippen molar-refractivity contribution >= 4 is 5.78 Å². The van der Waals surface area contributed by atoms with E-state index in [0.717, 1.165) is 19.3 Å². The van der Waals surface area contributed by atoms with Crippen molar-refractivity contribution in [3.8, 4) is 0 Å². The lowest BCUT2D eigenvalue weighted by atomic mass is 9.79. The van der Waals surface area contributed by atoms with Crippen LogP contribution in [-0.2, 0) is 22.4 Å². The van der Waals surface area contributed by atoms with Gasteiger partial charge in [-0.25, -0.2) is 0 Å². The summed E-state index contributed by atoms with van der Waals surface area (Å²) in [5, 5.41) is 0. The first-order valence-corrected chi connectivity index (χ1v) is 7.59. The molecule has 1 aliphatic heterocycles. The number of Topliss-reactive ketones (excluding diaryl/α,β-unsaturated/α-hetero) is 1. The molecule has 0 bridgehead atoms. The molecule has 108 valence electrons. The molecule has 2 nitrogen and oxygen atoms in total. The SMILES string of the molecule is CC1(C)CC(C(=O)C2Cc3ccccc3C2)C(C)(C)O1. The van der Waals surface area contributed by atoms with Crippen molar-refractivity contribution in [2.45, 2.75) is 58.2 Å². The molecule has 1 unspecified atom stereocenters. The third-order valence-electron chi connectivity index (χ3n) is 4.87. The first kappa shape index (κ1) is 13.8. The molecule has 2 aliphatic rings. The lowest BCUT2D eigenvalue weighted by Gasteiger charge is -2.27. The zero-order valence-electron chi connectivity index (χ0n) is 12.9. The van der Waals surface area contributed by atoms with Gasteiger partial charge in [-0.2, -0.15) is 0 Å². The second kappa shape index (κ2) is 4.42. The average Bonchev–Trinajstić information content (AvgIpc) is 2.85. The van der Waals surface area contributed by atoms with E-state index in [1.165, 1.54) is 11.1 Å². The molecule has 1 aromatic carbocycles. The first-order chi connectivity index (χ1) is 9.28. The van der Waals surface area contributed by atoms with E-state index in [-0.39, 0.29) is 23.0 Å². The van der Waals surface area contributed by atoms with Gasteiger partial charge in [0, 0.05) is 11.8 Å². The van der Waals surface area contributed by atoms with Crippen LogP contribution in [0.4, 0.5) is 0 Å². The van der Waals surface area contributed by atoms with Crippen LogP contribution in [0.3, 0.4) is 0 Å². The Labute approximate surface area is 121 Å². The zero-order chi connectivity index (χ0) is 14.5. The van der Waals surface area contributed by atoms with Crippen LogP contribution in [-0.4, -0.2) is 17.0 Å². The second-order valence-electron chi connectivity index (χ2n) is 7.50. The van der Waals surface area contributed by atoms with Crippen molar-refractivity contribution in [1.29, 1.82) is 0 Å². The molecule has 1 fully saturated rings. The van der Waals surface area contributed by atoms with Crippen LogP contribution < -0.4 is 0 Å². The molecule has 2 heteroatoms. The van der Waals surface area contributed by atoms with Gasteiger partial charge in [0.25, 0.3) is 0 Å². The van der Waals surface area contributed by atoms with Crippen LogP contribution in [0.2, 0.25) is 0 Å². The molecular weight excluding hydrogens is 248 g/mol. The number of ether oxygens (including phenoxy) is 1. The van der Waals surface area contributed by atoms with Gasteiger partial charge in [0.2, 0.25) is 0 Å². The van der Waals surface area contributed by atoms with Gasteiger partial charge in [0.1, 0.15) is 5.78 Å². The predicted molar refractivity (Wildman–Crippen MR) is 79.7 cm³/mol. The van der Waals surface area contributed by atoms with Gasteiger partial charge in [-0.05, 0) is 58.1 Å². The Balaban J connectivity index is 1.79. The Morgan fingerprint density at radius 1 is 1.10 bits per heavy atom. The van der Waals surface area contributed by atoms with Crippen LogP contribution in [0, 0.1) is 11.8 Å². The van der Waals surface area contributed by atoms with E-state index in [2.05, 4.69) is 52.0 Å². The monoisotopic (exact) mass is 272 g/mol. The number of carbonyl (C=O) groups is 1. The first-order valence-electron chi connectivity index (χ1n) is 7.59. The summed E-state index contributed by atoms with van der Waals surface area (Å²) in [6.45, 7) is 8.30. The van der Waals surface area contributed by atoms with E-state index in [0.29, 0.717) is 5.78 Å². The Morgan fingerprint density at radius 3 is 2.10 bits per heavy atom. The molecule has 0 spiro atoms. The summed E-state index contributed by atoms with van der Waals surface area (Å²) in [6.07, 6.45) is 2.65. The Hall–Kier alpha value is -1.15. The maximum Gasteiger partial charge on any atom is 0.142 e. The highest BCUT2D eigenvalue weighted by atomic mass is 16.5. The van der Waals surface area contributed by atoms with Crippen LogP contribution >= 0.6 is 0 Å². The van der Waals surface area contributed by atoms with E-state index < -0.39 is 0 Å². The summed E-state index contributed by atoms with van der Waals surface area (Å²) in [5.74, 6) is 0.572. The number of carbonyl (C=O) groups excluding carboxylic acids is 1. The van der Waals surface area contributed by atoms with E-state index in [1.54, 1.807) is 0 Å². The van der Waals surface area contributed by atoms with Crippen LogP contribution in [0.1, 0.15) is 45.2 Å². The molecule has 20 heavy (non-hydrogen) atoms. The molecular formula is C18H24O2. The van der Waals surface area contributed by atoms with Gasteiger partial charge < -0.3 is 4.74 Å². The number of benzene rings is 1. The van der Waals surface area contributed by atoms with Gasteiger partial charge in [-0.15, -0.1) is 0 Å². The standard InChI is InChI=1S/C18H24O2/c1-17(2)11-15(18(3,4)20-17)16(19)14-9-12-7-5-6-8-13(12)10-14/h5-8,14-15H,9-11H2,1-4H3. The highest BCUT2D eigenvalue weighted by Crippen LogP contribution is 2.44. The van der Waals surface area contributed by atoms with Gasteiger partial charge in [-0.1, -0.05) is 24.3 Å². The van der Waals surface area contributed by atoms with Gasteiger partial charge >= 0.3 is 0 Å². The number of fused-ring (bicyclic) bond motifs is 1. The number of hydrogen-bond acceptors (Lipinski definition) is 2. The quantitative estimate of drug-likeness (QED) is 0.823. The summed E-state index contributed by atoms with van der Waals surface area (Å²) >= 11 is 0. The van der Waals surface area contributed by atoms with Gasteiger partial charge in [-0.3, -0.25) is 4.79 Å². The van der Waals surface area contributed by atoms with Crippen molar-refractivity contribution < 1.29 is 9.53 Å². The molecule has 0 aromatic heterocycles. The Morgan fingerprint density at radius 2 is 1.65 bits per heavy atom. The summed E-state index contributed by atoms with van der Waals surface area (Å²) < 4.78 is 6.09. The highest BCUT2D eigenvalue weighted by molar-refractivity contribution is 5.86. The van der Waals surface area contributed by atoms with Gasteiger partial charge in [0.15, 0.2) is 0 Å². The lowest BCUT2D eigenvalue weighted by Crippen LogP contribution is -2.37. The molecule has 0 N–H and O–H groups in total. The van der Waals surface area contributed by atoms with E-state index in [1.807, 2.05) is 0 Å². The molecule has 1 atom stereocenters. The number of ketones is 1. The molecule has 1 saturated heterocycles. The molecule has 1 aliphatic carbocycles. The summed E-state index contributed by atoms with van der Waals surface area (Å²) in [5.41, 5.74) is 2.17. The largest absolute Gasteiger partial charge is 0.369 e. The fourth-order valence-corrected chi connectivity index (χ4v) is 4.05. The summed E-state index contributed by atoms with van der Waals surface area (Å²) in [7, 11) is 0. The minimum Gasteiger partial charge on any atom is -0.369 e. The second-order valence-corrected chi connectivity index (χ2v) is 7.50.